The van der Waals surface area contributed by atoms with Gasteiger partial charge in [0.25, 0.3) is 0 Å². The van der Waals surface area contributed by atoms with Crippen LogP contribution in [0, 0.1) is 0 Å². The first-order valence-corrected chi connectivity index (χ1v) is 4.75. The van der Waals surface area contributed by atoms with Gasteiger partial charge in [-0.25, -0.2) is 0 Å². The molecule has 0 spiro atoms. The van der Waals surface area contributed by atoms with Crippen LogP contribution in [0.25, 0.3) is 0 Å². The van der Waals surface area contributed by atoms with Crippen LogP contribution in [0.2, 0.25) is 6.04 Å². The van der Waals surface area contributed by atoms with E-state index in [2.05, 4.69) is 0 Å². The molecule has 9 heavy (non-hydrogen) atoms. The maximum atomic E-state index is 9.00. The van der Waals surface area contributed by atoms with Crippen LogP contribution in [0.1, 0.15) is 13.3 Å². The minimum absolute atomic E-state index is 0.607. The van der Waals surface area contributed by atoms with Crippen molar-refractivity contribution in [1.82, 2.24) is 0 Å². The molecule has 0 saturated carbocycles. The third kappa shape index (κ3) is 5.98. The molecule has 1 radical (unpaired) electrons. The molecule has 3 nitrogen and oxygen atoms in total. The van der Waals surface area contributed by atoms with Crippen LogP contribution >= 0.6 is 0 Å². The molecule has 0 aromatic heterocycles. The highest BCUT2D eigenvalue weighted by atomic mass is 28.3. The van der Waals surface area contributed by atoms with Gasteiger partial charge in [-0.3, -0.25) is 0 Å². The van der Waals surface area contributed by atoms with Crippen molar-refractivity contribution in [2.24, 2.45) is 5.73 Å². The van der Waals surface area contributed by atoms with E-state index in [4.69, 9.17) is 15.0 Å². The Labute approximate surface area is 57.7 Å². The maximum absolute atomic E-state index is 9.00. The minimum Gasteiger partial charge on any atom is -0.410 e. The van der Waals surface area contributed by atoms with Crippen molar-refractivity contribution in [3.63, 3.8) is 0 Å². The first-order chi connectivity index (χ1) is 4.31. The fraction of sp³-hybridized carbons (Fsp3) is 1.00. The molecular weight excluding hydrogens is 134 g/mol. The molecule has 0 amide bonds. The Hall–Kier alpha value is 0.0969. The van der Waals surface area contributed by atoms with Gasteiger partial charge in [-0.2, -0.15) is 0 Å². The SMILES string of the molecule is CCO[Si](O)CCCN. The molecule has 0 fully saturated rings. The molecule has 0 saturated heterocycles. The molecule has 0 aromatic rings. The maximum Gasteiger partial charge on any atom is 0.381 e. The highest BCUT2D eigenvalue weighted by molar-refractivity contribution is 6.42. The average Bonchev–Trinajstić information content (AvgIpc) is 1.85. The summed E-state index contributed by atoms with van der Waals surface area (Å²) in [5, 5.41) is 0. The highest BCUT2D eigenvalue weighted by Crippen LogP contribution is 1.93. The second-order valence-electron chi connectivity index (χ2n) is 1.72. The van der Waals surface area contributed by atoms with Crippen LogP contribution in [-0.2, 0) is 4.43 Å². The summed E-state index contributed by atoms with van der Waals surface area (Å²) in [5.41, 5.74) is 5.22. The summed E-state index contributed by atoms with van der Waals surface area (Å²) in [4.78, 5) is 9.00. The first kappa shape index (κ1) is 9.10. The largest absolute Gasteiger partial charge is 0.410 e. The van der Waals surface area contributed by atoms with E-state index in [1.165, 1.54) is 0 Å². The Morgan fingerprint density at radius 3 is 2.78 bits per heavy atom. The van der Waals surface area contributed by atoms with Crippen molar-refractivity contribution in [1.29, 1.82) is 0 Å². The van der Waals surface area contributed by atoms with Gasteiger partial charge in [-0.15, -0.1) is 0 Å². The molecule has 0 unspecified atom stereocenters. The summed E-state index contributed by atoms with van der Waals surface area (Å²) in [6.07, 6.45) is 0.866. The van der Waals surface area contributed by atoms with E-state index in [-0.39, 0.29) is 0 Å². The van der Waals surface area contributed by atoms with Gasteiger partial charge in [-0.05, 0) is 25.9 Å². The van der Waals surface area contributed by atoms with Gasteiger partial charge >= 0.3 is 9.28 Å². The Balaban J connectivity index is 2.95. The standard InChI is InChI=1S/C5H14NO2Si/c1-2-8-9(7)5-3-4-6/h7H,2-6H2,1H3. The molecular formula is C5H14NO2Si. The predicted molar refractivity (Wildman–Crippen MR) is 38.1 cm³/mol. The van der Waals surface area contributed by atoms with Crippen LogP contribution in [0.3, 0.4) is 0 Å². The van der Waals surface area contributed by atoms with E-state index in [1.807, 2.05) is 6.92 Å². The van der Waals surface area contributed by atoms with Gasteiger partial charge in [0.15, 0.2) is 0 Å². The highest BCUT2D eigenvalue weighted by Gasteiger charge is 2.06. The van der Waals surface area contributed by atoms with E-state index in [9.17, 15) is 0 Å². The topological polar surface area (TPSA) is 55.5 Å². The van der Waals surface area contributed by atoms with E-state index >= 15 is 0 Å². The summed E-state index contributed by atoms with van der Waals surface area (Å²) < 4.78 is 4.95. The van der Waals surface area contributed by atoms with Crippen LogP contribution in [0.5, 0.6) is 0 Å². The van der Waals surface area contributed by atoms with Crippen LogP contribution < -0.4 is 5.73 Å². The Bertz CT molecular complexity index is 62.9. The minimum atomic E-state index is -1.48. The lowest BCUT2D eigenvalue weighted by molar-refractivity contribution is 0.274. The number of rotatable bonds is 5. The molecule has 3 N–H and O–H groups in total. The summed E-state index contributed by atoms with van der Waals surface area (Å²) >= 11 is 0. The molecule has 0 aliphatic heterocycles. The fourth-order valence-corrected chi connectivity index (χ4v) is 1.48. The fourth-order valence-electron chi connectivity index (χ4n) is 0.492. The smallest absolute Gasteiger partial charge is 0.381 e. The predicted octanol–water partition coefficient (Wildman–Crippen LogP) is -0.148. The monoisotopic (exact) mass is 148 g/mol. The van der Waals surface area contributed by atoms with Crippen molar-refractivity contribution in [3.05, 3.63) is 0 Å². The molecule has 0 heterocycles. The van der Waals surface area contributed by atoms with Crippen molar-refractivity contribution in [2.75, 3.05) is 13.2 Å². The Morgan fingerprint density at radius 2 is 2.33 bits per heavy atom. The van der Waals surface area contributed by atoms with Gasteiger partial charge in [-0.1, -0.05) is 0 Å². The van der Waals surface area contributed by atoms with Gasteiger partial charge in [0, 0.05) is 6.61 Å². The lowest BCUT2D eigenvalue weighted by Crippen LogP contribution is -2.18. The second kappa shape index (κ2) is 6.22. The normalized spacial score (nSPS) is 10.7. The average molecular weight is 148 g/mol. The molecule has 0 atom stereocenters. The van der Waals surface area contributed by atoms with Gasteiger partial charge < -0.3 is 15.0 Å². The van der Waals surface area contributed by atoms with E-state index in [0.717, 1.165) is 12.5 Å². The first-order valence-electron chi connectivity index (χ1n) is 3.19. The van der Waals surface area contributed by atoms with E-state index in [1.54, 1.807) is 0 Å². The summed E-state index contributed by atoms with van der Waals surface area (Å²) in [7, 11) is -1.48. The summed E-state index contributed by atoms with van der Waals surface area (Å²) in [6, 6.07) is 0.745. The Morgan fingerprint density at radius 1 is 1.67 bits per heavy atom. The molecule has 0 bridgehead atoms. The zero-order valence-electron chi connectivity index (χ0n) is 5.76. The van der Waals surface area contributed by atoms with Crippen LogP contribution in [-0.4, -0.2) is 27.2 Å². The number of nitrogens with two attached hydrogens (primary N) is 1. The van der Waals surface area contributed by atoms with Crippen molar-refractivity contribution in [3.8, 4) is 0 Å². The van der Waals surface area contributed by atoms with Crippen LogP contribution in [0.4, 0.5) is 0 Å². The van der Waals surface area contributed by atoms with Gasteiger partial charge in [0.1, 0.15) is 0 Å². The molecule has 55 valence electrons. The van der Waals surface area contributed by atoms with Crippen LogP contribution in [0.15, 0.2) is 0 Å². The third-order valence-electron chi connectivity index (χ3n) is 0.906. The molecule has 4 heteroatoms. The van der Waals surface area contributed by atoms with Crippen molar-refractivity contribution < 1.29 is 9.22 Å². The third-order valence-corrected chi connectivity index (χ3v) is 2.31. The number of hydrogen-bond acceptors (Lipinski definition) is 3. The quantitative estimate of drug-likeness (QED) is 0.533. The van der Waals surface area contributed by atoms with E-state index in [0.29, 0.717) is 13.2 Å². The van der Waals surface area contributed by atoms with Crippen molar-refractivity contribution in [2.45, 2.75) is 19.4 Å². The molecule has 0 aromatic carbocycles. The second-order valence-corrected chi connectivity index (χ2v) is 3.30. The lowest BCUT2D eigenvalue weighted by Gasteiger charge is -2.03. The zero-order valence-corrected chi connectivity index (χ0v) is 6.76. The summed E-state index contributed by atoms with van der Waals surface area (Å²) in [6.45, 7) is 3.13. The Kier molecular flexibility index (Phi) is 6.29. The molecule has 0 aliphatic carbocycles. The van der Waals surface area contributed by atoms with Gasteiger partial charge in [0.05, 0.1) is 0 Å². The zero-order chi connectivity index (χ0) is 7.11. The number of hydrogen-bond donors (Lipinski definition) is 2. The molecule has 0 aliphatic rings. The summed E-state index contributed by atoms with van der Waals surface area (Å²) in [5.74, 6) is 0. The lowest BCUT2D eigenvalue weighted by atomic mass is 10.5. The van der Waals surface area contributed by atoms with Gasteiger partial charge in [0.2, 0.25) is 0 Å². The van der Waals surface area contributed by atoms with Crippen molar-refractivity contribution >= 4 is 9.28 Å². The molecule has 0 rings (SSSR count). The van der Waals surface area contributed by atoms with E-state index < -0.39 is 9.28 Å².